The molecule has 1 aromatic carbocycles. The van der Waals surface area contributed by atoms with Crippen molar-refractivity contribution in [2.45, 2.75) is 5.75 Å². The molecule has 1 radical (unpaired) electrons. The molecule has 0 bridgehead atoms. The highest BCUT2D eigenvalue weighted by Gasteiger charge is 2.07. The summed E-state index contributed by atoms with van der Waals surface area (Å²) in [5.74, 6) is -0.506. The summed E-state index contributed by atoms with van der Waals surface area (Å²) in [6.45, 7) is 0. The summed E-state index contributed by atoms with van der Waals surface area (Å²) >= 11 is 5.58. The van der Waals surface area contributed by atoms with Gasteiger partial charge in [0.25, 0.3) is 10.1 Å². The molecule has 0 aromatic heterocycles. The van der Waals surface area contributed by atoms with Gasteiger partial charge in [0.2, 0.25) is 0 Å². The molecular formula is C7H6ClO3S. The van der Waals surface area contributed by atoms with Gasteiger partial charge in [0.15, 0.2) is 0 Å². The van der Waals surface area contributed by atoms with Crippen LogP contribution in [0.3, 0.4) is 0 Å². The number of hydrogen-bond acceptors (Lipinski definition) is 2. The lowest BCUT2D eigenvalue weighted by atomic mass is 10.2. The highest BCUT2D eigenvalue weighted by molar-refractivity contribution is 7.84. The Morgan fingerprint density at radius 2 is 2.00 bits per heavy atom. The molecular weight excluding hydrogens is 200 g/mol. The average Bonchev–Trinajstić information content (AvgIpc) is 1.82. The monoisotopic (exact) mass is 205 g/mol. The fraction of sp³-hybridized carbons (Fsp3) is 0.143. The molecule has 0 aliphatic heterocycles. The first-order chi connectivity index (χ1) is 5.47. The van der Waals surface area contributed by atoms with Crippen LogP contribution in [0.1, 0.15) is 5.56 Å². The van der Waals surface area contributed by atoms with E-state index in [-0.39, 0.29) is 0 Å². The minimum atomic E-state index is -4.20. The van der Waals surface area contributed by atoms with Crippen molar-refractivity contribution < 1.29 is 13.0 Å². The highest BCUT2D eigenvalue weighted by Crippen LogP contribution is 2.12. The highest BCUT2D eigenvalue weighted by atomic mass is 35.5. The molecule has 12 heavy (non-hydrogen) atoms. The quantitative estimate of drug-likeness (QED) is 0.737. The van der Waals surface area contributed by atoms with E-state index in [2.05, 4.69) is 0 Å². The van der Waals surface area contributed by atoms with Crippen LogP contribution in [0.5, 0.6) is 0 Å². The van der Waals surface area contributed by atoms with Crippen molar-refractivity contribution in [2.75, 3.05) is 0 Å². The summed E-state index contributed by atoms with van der Waals surface area (Å²) in [6, 6.07) is 6.21. The normalized spacial score (nSPS) is 11.5. The van der Waals surface area contributed by atoms with Crippen LogP contribution >= 0.6 is 11.6 Å². The second-order valence-electron chi connectivity index (χ2n) is 2.33. The molecule has 0 unspecified atom stereocenters. The van der Waals surface area contributed by atoms with E-state index in [1.54, 1.807) is 18.2 Å². The SMILES string of the molecule is [O]S(=O)(=O)Cc1cccc(Cl)c1. The minimum Gasteiger partial charge on any atom is -0.197 e. The van der Waals surface area contributed by atoms with Crippen molar-refractivity contribution in [3.05, 3.63) is 34.9 Å². The molecule has 0 saturated heterocycles. The van der Waals surface area contributed by atoms with Crippen molar-refractivity contribution >= 4 is 21.7 Å². The van der Waals surface area contributed by atoms with Crippen LogP contribution in [0.4, 0.5) is 0 Å². The molecule has 1 rings (SSSR count). The minimum absolute atomic E-state index is 0.414. The molecule has 1 aromatic rings. The van der Waals surface area contributed by atoms with Gasteiger partial charge in [-0.1, -0.05) is 28.3 Å². The zero-order valence-corrected chi connectivity index (χ0v) is 7.60. The van der Waals surface area contributed by atoms with Gasteiger partial charge in [0, 0.05) is 5.02 Å². The Bertz CT molecular complexity index is 372. The summed E-state index contributed by atoms with van der Waals surface area (Å²) in [4.78, 5) is 0. The third kappa shape index (κ3) is 3.21. The van der Waals surface area contributed by atoms with Crippen LogP contribution in [0, 0.1) is 0 Å². The second-order valence-corrected chi connectivity index (χ2v) is 4.17. The van der Waals surface area contributed by atoms with Crippen molar-refractivity contribution in [1.29, 1.82) is 0 Å². The lowest BCUT2D eigenvalue weighted by Gasteiger charge is -1.96. The van der Waals surface area contributed by atoms with E-state index in [0.717, 1.165) is 0 Å². The van der Waals surface area contributed by atoms with E-state index in [0.29, 0.717) is 10.6 Å². The van der Waals surface area contributed by atoms with E-state index < -0.39 is 15.9 Å². The molecule has 0 spiro atoms. The second kappa shape index (κ2) is 3.43. The average molecular weight is 206 g/mol. The van der Waals surface area contributed by atoms with Gasteiger partial charge in [0.1, 0.15) is 5.75 Å². The number of hydrogen-bond donors (Lipinski definition) is 0. The number of rotatable bonds is 2. The molecule has 0 aliphatic rings. The molecule has 65 valence electrons. The van der Waals surface area contributed by atoms with E-state index >= 15 is 0 Å². The van der Waals surface area contributed by atoms with Gasteiger partial charge in [-0.25, -0.2) is 0 Å². The van der Waals surface area contributed by atoms with E-state index in [1.165, 1.54) is 6.07 Å². The van der Waals surface area contributed by atoms with Crippen molar-refractivity contribution in [2.24, 2.45) is 0 Å². The van der Waals surface area contributed by atoms with Gasteiger partial charge in [-0.15, -0.1) is 0 Å². The summed E-state index contributed by atoms with van der Waals surface area (Å²) in [5, 5.41) is 0.427. The van der Waals surface area contributed by atoms with Gasteiger partial charge in [-0.2, -0.15) is 8.42 Å². The molecule has 0 fully saturated rings. The lowest BCUT2D eigenvalue weighted by Crippen LogP contribution is -1.99. The zero-order chi connectivity index (χ0) is 9.19. The Kier molecular flexibility index (Phi) is 2.72. The maximum atomic E-state index is 10.3. The van der Waals surface area contributed by atoms with Crippen LogP contribution in [-0.4, -0.2) is 8.42 Å². The molecule has 0 saturated carbocycles. The summed E-state index contributed by atoms with van der Waals surface area (Å²) < 4.78 is 30.9. The van der Waals surface area contributed by atoms with E-state index in [4.69, 9.17) is 11.6 Å². The van der Waals surface area contributed by atoms with Gasteiger partial charge in [0.05, 0.1) is 0 Å². The third-order valence-electron chi connectivity index (χ3n) is 1.23. The molecule has 5 heteroatoms. The fourth-order valence-electron chi connectivity index (χ4n) is 0.831. The number of halogens is 1. The Morgan fingerprint density at radius 3 is 2.50 bits per heavy atom. The number of benzene rings is 1. The van der Waals surface area contributed by atoms with Crippen LogP contribution < -0.4 is 0 Å². The largest absolute Gasteiger partial charge is 0.298 e. The zero-order valence-electron chi connectivity index (χ0n) is 6.03. The first-order valence-corrected chi connectivity index (χ1v) is 5.11. The maximum absolute atomic E-state index is 10.3. The molecule has 0 atom stereocenters. The molecule has 0 amide bonds. The van der Waals surface area contributed by atoms with Gasteiger partial charge in [-0.05, 0) is 17.7 Å². The lowest BCUT2D eigenvalue weighted by molar-refractivity contribution is 0.413. The van der Waals surface area contributed by atoms with Crippen molar-refractivity contribution in [3.63, 3.8) is 0 Å². The van der Waals surface area contributed by atoms with Crippen LogP contribution in [0.2, 0.25) is 5.02 Å². The summed E-state index contributed by atoms with van der Waals surface area (Å²) in [5.41, 5.74) is 0.414. The first-order valence-electron chi connectivity index (χ1n) is 3.15. The Labute approximate surface area is 75.7 Å². The van der Waals surface area contributed by atoms with E-state index in [9.17, 15) is 13.0 Å². The smallest absolute Gasteiger partial charge is 0.197 e. The Balaban J connectivity index is 2.91. The molecule has 0 heterocycles. The molecule has 0 aliphatic carbocycles. The van der Waals surface area contributed by atoms with Crippen molar-refractivity contribution in [3.8, 4) is 0 Å². The van der Waals surface area contributed by atoms with E-state index in [1.807, 2.05) is 0 Å². The summed E-state index contributed by atoms with van der Waals surface area (Å²) in [7, 11) is -4.20. The molecule has 0 N–H and O–H groups in total. The Hall–Kier alpha value is -0.580. The topological polar surface area (TPSA) is 54.0 Å². The van der Waals surface area contributed by atoms with Crippen LogP contribution in [-0.2, 0) is 20.4 Å². The standard InChI is InChI=1S/C7H6ClO3S/c8-7-3-1-2-6(4-7)5-12(9,10)11/h1-4H,5H2. The fourth-order valence-corrected chi connectivity index (χ4v) is 1.63. The predicted octanol–water partition coefficient (Wildman–Crippen LogP) is 1.60. The predicted molar refractivity (Wildman–Crippen MR) is 44.8 cm³/mol. The van der Waals surface area contributed by atoms with Gasteiger partial charge < -0.3 is 0 Å². The molecule has 3 nitrogen and oxygen atoms in total. The summed E-state index contributed by atoms with van der Waals surface area (Å²) in [6.07, 6.45) is 0. The van der Waals surface area contributed by atoms with Crippen molar-refractivity contribution in [1.82, 2.24) is 0 Å². The van der Waals surface area contributed by atoms with Gasteiger partial charge in [-0.3, -0.25) is 0 Å². The van der Waals surface area contributed by atoms with Gasteiger partial charge >= 0.3 is 0 Å². The third-order valence-corrected chi connectivity index (χ3v) is 2.15. The Morgan fingerprint density at radius 1 is 1.33 bits per heavy atom. The van der Waals surface area contributed by atoms with Crippen LogP contribution in [0.15, 0.2) is 24.3 Å². The maximum Gasteiger partial charge on any atom is 0.298 e. The first kappa shape index (κ1) is 9.51. The van der Waals surface area contributed by atoms with Crippen LogP contribution in [0.25, 0.3) is 0 Å².